The van der Waals surface area contributed by atoms with Gasteiger partial charge < -0.3 is 5.73 Å². The standard InChI is InChI=1S/C11H16BrN/c1-11(2,3)10-6-9(12)5-4-8(10)7-13/h4-6H,7,13H2,1-3H3. The van der Waals surface area contributed by atoms with E-state index < -0.39 is 0 Å². The van der Waals surface area contributed by atoms with Crippen LogP contribution in [-0.2, 0) is 12.0 Å². The maximum Gasteiger partial charge on any atom is 0.0181 e. The molecule has 0 heterocycles. The Bertz CT molecular complexity index is 299. The Morgan fingerprint density at radius 3 is 2.38 bits per heavy atom. The minimum Gasteiger partial charge on any atom is -0.326 e. The second-order valence-corrected chi connectivity index (χ2v) is 5.17. The van der Waals surface area contributed by atoms with Gasteiger partial charge in [-0.15, -0.1) is 0 Å². The molecule has 0 aliphatic heterocycles. The van der Waals surface area contributed by atoms with Crippen molar-refractivity contribution in [3.8, 4) is 0 Å². The Hall–Kier alpha value is -0.340. The molecule has 1 nitrogen and oxygen atoms in total. The number of rotatable bonds is 1. The second-order valence-electron chi connectivity index (χ2n) is 4.26. The van der Waals surface area contributed by atoms with E-state index in [-0.39, 0.29) is 5.41 Å². The third-order valence-corrected chi connectivity index (χ3v) is 2.59. The summed E-state index contributed by atoms with van der Waals surface area (Å²) in [5.41, 5.74) is 8.40. The summed E-state index contributed by atoms with van der Waals surface area (Å²) in [4.78, 5) is 0. The second kappa shape index (κ2) is 3.81. The van der Waals surface area contributed by atoms with E-state index in [1.54, 1.807) is 0 Å². The first kappa shape index (κ1) is 10.7. The smallest absolute Gasteiger partial charge is 0.0181 e. The van der Waals surface area contributed by atoms with Crippen LogP contribution in [0.25, 0.3) is 0 Å². The molecule has 0 atom stereocenters. The van der Waals surface area contributed by atoms with Gasteiger partial charge in [-0.3, -0.25) is 0 Å². The lowest BCUT2D eigenvalue weighted by molar-refractivity contribution is 0.582. The summed E-state index contributed by atoms with van der Waals surface area (Å²) in [6.07, 6.45) is 0. The Morgan fingerprint density at radius 2 is 1.92 bits per heavy atom. The zero-order valence-corrected chi connectivity index (χ0v) is 9.98. The molecule has 0 bridgehead atoms. The van der Waals surface area contributed by atoms with Crippen LogP contribution < -0.4 is 5.73 Å². The normalized spacial score (nSPS) is 11.8. The summed E-state index contributed by atoms with van der Waals surface area (Å²) >= 11 is 3.48. The highest BCUT2D eigenvalue weighted by molar-refractivity contribution is 9.10. The van der Waals surface area contributed by atoms with E-state index in [4.69, 9.17) is 5.73 Å². The Labute approximate surface area is 88.5 Å². The third-order valence-electron chi connectivity index (χ3n) is 2.10. The van der Waals surface area contributed by atoms with Crippen molar-refractivity contribution in [3.63, 3.8) is 0 Å². The maximum absolute atomic E-state index is 5.68. The summed E-state index contributed by atoms with van der Waals surface area (Å²) in [7, 11) is 0. The molecule has 0 aliphatic carbocycles. The van der Waals surface area contributed by atoms with Gasteiger partial charge in [-0.2, -0.15) is 0 Å². The van der Waals surface area contributed by atoms with E-state index in [2.05, 4.69) is 48.8 Å². The molecule has 0 amide bonds. The molecule has 0 unspecified atom stereocenters. The van der Waals surface area contributed by atoms with Gasteiger partial charge in [0.15, 0.2) is 0 Å². The highest BCUT2D eigenvalue weighted by Crippen LogP contribution is 2.28. The van der Waals surface area contributed by atoms with E-state index >= 15 is 0 Å². The third kappa shape index (κ3) is 2.55. The molecule has 1 aromatic rings. The molecule has 0 spiro atoms. The molecule has 72 valence electrons. The van der Waals surface area contributed by atoms with Gasteiger partial charge in [0.1, 0.15) is 0 Å². The van der Waals surface area contributed by atoms with Gasteiger partial charge in [0, 0.05) is 11.0 Å². The molecular weight excluding hydrogens is 226 g/mol. The van der Waals surface area contributed by atoms with Crippen molar-refractivity contribution in [2.24, 2.45) is 5.73 Å². The average molecular weight is 242 g/mol. The van der Waals surface area contributed by atoms with Crippen LogP contribution in [0.5, 0.6) is 0 Å². The van der Waals surface area contributed by atoms with Crippen molar-refractivity contribution in [1.29, 1.82) is 0 Å². The fourth-order valence-electron chi connectivity index (χ4n) is 1.42. The predicted molar refractivity (Wildman–Crippen MR) is 60.7 cm³/mol. The molecule has 1 rings (SSSR count). The van der Waals surface area contributed by atoms with Crippen molar-refractivity contribution in [2.45, 2.75) is 32.7 Å². The van der Waals surface area contributed by atoms with Crippen LogP contribution in [0.4, 0.5) is 0 Å². The van der Waals surface area contributed by atoms with Crippen molar-refractivity contribution >= 4 is 15.9 Å². The molecule has 2 N–H and O–H groups in total. The summed E-state index contributed by atoms with van der Waals surface area (Å²) in [5.74, 6) is 0. The number of hydrogen-bond donors (Lipinski definition) is 1. The Balaban J connectivity index is 3.24. The van der Waals surface area contributed by atoms with Crippen LogP contribution in [0.3, 0.4) is 0 Å². The SMILES string of the molecule is CC(C)(C)c1cc(Br)ccc1CN. The topological polar surface area (TPSA) is 26.0 Å². The van der Waals surface area contributed by atoms with Crippen LogP contribution in [0, 0.1) is 0 Å². The largest absolute Gasteiger partial charge is 0.326 e. The molecule has 1 aromatic carbocycles. The van der Waals surface area contributed by atoms with Crippen LogP contribution in [0.15, 0.2) is 22.7 Å². The Morgan fingerprint density at radius 1 is 1.31 bits per heavy atom. The Kier molecular flexibility index (Phi) is 3.14. The molecular formula is C11H16BrN. The first-order valence-corrected chi connectivity index (χ1v) is 5.23. The molecule has 2 heteroatoms. The predicted octanol–water partition coefficient (Wildman–Crippen LogP) is 3.21. The van der Waals surface area contributed by atoms with E-state index in [0.29, 0.717) is 6.54 Å². The van der Waals surface area contributed by atoms with Gasteiger partial charge in [0.05, 0.1) is 0 Å². The van der Waals surface area contributed by atoms with Crippen molar-refractivity contribution in [1.82, 2.24) is 0 Å². The minimum absolute atomic E-state index is 0.165. The highest BCUT2D eigenvalue weighted by Gasteiger charge is 2.17. The fraction of sp³-hybridized carbons (Fsp3) is 0.455. The monoisotopic (exact) mass is 241 g/mol. The van der Waals surface area contributed by atoms with E-state index in [1.807, 2.05) is 6.07 Å². The fourth-order valence-corrected chi connectivity index (χ4v) is 1.79. The molecule has 0 fully saturated rings. The summed E-state index contributed by atoms with van der Waals surface area (Å²) in [5, 5.41) is 0. The quantitative estimate of drug-likeness (QED) is 0.804. The average Bonchev–Trinajstić information content (AvgIpc) is 2.03. The highest BCUT2D eigenvalue weighted by atomic mass is 79.9. The van der Waals surface area contributed by atoms with Crippen LogP contribution in [0.1, 0.15) is 31.9 Å². The lowest BCUT2D eigenvalue weighted by Gasteiger charge is -2.22. The molecule has 13 heavy (non-hydrogen) atoms. The van der Waals surface area contributed by atoms with Crippen molar-refractivity contribution < 1.29 is 0 Å². The first-order chi connectivity index (χ1) is 5.95. The van der Waals surface area contributed by atoms with E-state index in [9.17, 15) is 0 Å². The lowest BCUT2D eigenvalue weighted by atomic mass is 9.84. The van der Waals surface area contributed by atoms with Gasteiger partial charge >= 0.3 is 0 Å². The van der Waals surface area contributed by atoms with E-state index in [0.717, 1.165) is 4.47 Å². The van der Waals surface area contributed by atoms with Gasteiger partial charge in [-0.05, 0) is 28.7 Å². The van der Waals surface area contributed by atoms with Crippen LogP contribution in [-0.4, -0.2) is 0 Å². The number of hydrogen-bond acceptors (Lipinski definition) is 1. The minimum atomic E-state index is 0.165. The summed E-state index contributed by atoms with van der Waals surface area (Å²) < 4.78 is 1.12. The zero-order chi connectivity index (χ0) is 10.1. The summed E-state index contributed by atoms with van der Waals surface area (Å²) in [6.45, 7) is 7.22. The molecule has 0 saturated heterocycles. The zero-order valence-electron chi connectivity index (χ0n) is 8.39. The van der Waals surface area contributed by atoms with Gasteiger partial charge in [0.25, 0.3) is 0 Å². The summed E-state index contributed by atoms with van der Waals surface area (Å²) in [6, 6.07) is 6.28. The molecule has 0 radical (unpaired) electrons. The number of benzene rings is 1. The number of nitrogens with two attached hydrogens (primary N) is 1. The van der Waals surface area contributed by atoms with Crippen molar-refractivity contribution in [2.75, 3.05) is 0 Å². The molecule has 0 aliphatic rings. The van der Waals surface area contributed by atoms with Crippen LogP contribution in [0.2, 0.25) is 0 Å². The maximum atomic E-state index is 5.68. The molecule has 0 aromatic heterocycles. The lowest BCUT2D eigenvalue weighted by Crippen LogP contribution is -2.15. The first-order valence-electron chi connectivity index (χ1n) is 4.44. The van der Waals surface area contributed by atoms with Crippen molar-refractivity contribution in [3.05, 3.63) is 33.8 Å². The van der Waals surface area contributed by atoms with Gasteiger partial charge in [0.2, 0.25) is 0 Å². The number of halogens is 1. The van der Waals surface area contributed by atoms with Crippen LogP contribution >= 0.6 is 15.9 Å². The van der Waals surface area contributed by atoms with E-state index in [1.165, 1.54) is 11.1 Å². The van der Waals surface area contributed by atoms with Gasteiger partial charge in [-0.1, -0.05) is 42.8 Å². The van der Waals surface area contributed by atoms with Gasteiger partial charge in [-0.25, -0.2) is 0 Å². The molecule has 0 saturated carbocycles.